The Morgan fingerprint density at radius 3 is 2.41 bits per heavy atom. The van der Waals surface area contributed by atoms with Gasteiger partial charge in [0.15, 0.2) is 35.4 Å². The van der Waals surface area contributed by atoms with Crippen LogP contribution in [0.5, 0.6) is 6.01 Å². The second kappa shape index (κ2) is 7.87. The summed E-state index contributed by atoms with van der Waals surface area (Å²) < 4.78 is 22.5. The van der Waals surface area contributed by atoms with Gasteiger partial charge in [-0.25, -0.2) is 14.5 Å². The van der Waals surface area contributed by atoms with Gasteiger partial charge in [-0.2, -0.15) is 4.98 Å². The Bertz CT molecular complexity index is 960. The maximum atomic E-state index is 11.7. The third-order valence-corrected chi connectivity index (χ3v) is 4.08. The molecule has 4 atom stereocenters. The van der Waals surface area contributed by atoms with Gasteiger partial charge in [0, 0.05) is 20.8 Å². The van der Waals surface area contributed by atoms with Crippen LogP contribution in [0.25, 0.3) is 11.2 Å². The number of nitrogens with zero attached hydrogens (tertiary/aromatic N) is 4. The van der Waals surface area contributed by atoms with Crippen molar-refractivity contribution in [2.75, 3.05) is 12.3 Å². The van der Waals surface area contributed by atoms with E-state index < -0.39 is 48.5 Å². The highest BCUT2D eigenvalue weighted by Gasteiger charge is 2.51. The van der Waals surface area contributed by atoms with Crippen molar-refractivity contribution >= 4 is 34.9 Å². The van der Waals surface area contributed by atoms with Gasteiger partial charge >= 0.3 is 17.9 Å². The van der Waals surface area contributed by atoms with Crippen LogP contribution in [0.1, 0.15) is 27.0 Å². The smallest absolute Gasteiger partial charge is 0.303 e. The molecular weight excluding hydrogens is 390 g/mol. The molecule has 156 valence electrons. The van der Waals surface area contributed by atoms with Crippen LogP contribution in [0.15, 0.2) is 6.33 Å². The summed E-state index contributed by atoms with van der Waals surface area (Å²) in [4.78, 5) is 46.2. The summed E-state index contributed by atoms with van der Waals surface area (Å²) in [5.41, 5.74) is 5.97. The van der Waals surface area contributed by atoms with E-state index in [1.165, 1.54) is 13.8 Å². The first kappa shape index (κ1) is 20.3. The molecule has 13 heteroatoms. The average Bonchev–Trinajstić information content (AvgIpc) is 3.11. The maximum Gasteiger partial charge on any atom is 0.303 e. The zero-order chi connectivity index (χ0) is 21.3. The van der Waals surface area contributed by atoms with Crippen LogP contribution in [0.3, 0.4) is 0 Å². The Hall–Kier alpha value is -3.48. The molecule has 1 aliphatic rings. The standard InChI is InChI=1S/C16H19N5O8/c1-6(22)26-4-9-11(27-7(2)23)12(28-8(3)24)15(29-9)21-14-10(20-16(21)25)13(17)18-5-19-14/h5,9,11-12,15H,4H2,1-3H3,(H,20,25)(H2,17,18,19)/t9-,11-,12-,15-/m1/s1. The molecule has 2 aromatic rings. The number of imidazole rings is 1. The molecule has 0 aliphatic carbocycles. The van der Waals surface area contributed by atoms with Gasteiger partial charge in [0.05, 0.1) is 0 Å². The SMILES string of the molecule is CC(=O)OC[C@H]1O[C@@H](n2c(O)nc3c(N)ncnc32)[C@H](OC(C)=O)[C@@H]1OC(C)=O. The number of carbonyl (C=O) groups is 3. The van der Waals surface area contributed by atoms with Crippen molar-refractivity contribution in [1.29, 1.82) is 0 Å². The predicted octanol–water partition coefficient (Wildman–Crippen LogP) is -0.562. The Balaban J connectivity index is 2.07. The van der Waals surface area contributed by atoms with Crippen molar-refractivity contribution in [1.82, 2.24) is 19.5 Å². The van der Waals surface area contributed by atoms with Gasteiger partial charge < -0.3 is 29.8 Å². The van der Waals surface area contributed by atoms with Gasteiger partial charge in [-0.1, -0.05) is 0 Å². The molecule has 3 rings (SSSR count). The second-order valence-corrected chi connectivity index (χ2v) is 6.23. The summed E-state index contributed by atoms with van der Waals surface area (Å²) >= 11 is 0. The number of fused-ring (bicyclic) bond motifs is 1. The molecule has 1 aliphatic heterocycles. The minimum Gasteiger partial charge on any atom is -0.480 e. The minimum absolute atomic E-state index is 0.0130. The van der Waals surface area contributed by atoms with Crippen LogP contribution in [0, 0.1) is 0 Å². The number of aromatic hydroxyl groups is 1. The third-order valence-electron chi connectivity index (χ3n) is 4.08. The first-order valence-corrected chi connectivity index (χ1v) is 8.49. The molecule has 0 spiro atoms. The fourth-order valence-electron chi connectivity index (χ4n) is 3.05. The number of nitrogen functional groups attached to an aromatic ring is 1. The summed E-state index contributed by atoms with van der Waals surface area (Å²) in [6.45, 7) is 3.24. The van der Waals surface area contributed by atoms with Crippen LogP contribution in [0.2, 0.25) is 0 Å². The van der Waals surface area contributed by atoms with Gasteiger partial charge in [0.25, 0.3) is 6.01 Å². The summed E-state index contributed by atoms with van der Waals surface area (Å²) in [6, 6.07) is -0.538. The number of anilines is 1. The number of ether oxygens (including phenoxy) is 4. The first-order valence-electron chi connectivity index (χ1n) is 8.49. The lowest BCUT2D eigenvalue weighted by molar-refractivity contribution is -0.166. The highest BCUT2D eigenvalue weighted by atomic mass is 16.7. The highest BCUT2D eigenvalue weighted by Crippen LogP contribution is 2.38. The number of carbonyl (C=O) groups excluding carboxylic acids is 3. The van der Waals surface area contributed by atoms with E-state index in [0.717, 1.165) is 17.8 Å². The number of hydrogen-bond acceptors (Lipinski definition) is 12. The number of esters is 3. The summed E-state index contributed by atoms with van der Waals surface area (Å²) in [7, 11) is 0. The molecule has 2 aromatic heterocycles. The number of aromatic nitrogens is 4. The Morgan fingerprint density at radius 2 is 1.79 bits per heavy atom. The zero-order valence-electron chi connectivity index (χ0n) is 15.8. The van der Waals surface area contributed by atoms with Gasteiger partial charge in [-0.15, -0.1) is 0 Å². The van der Waals surface area contributed by atoms with Crippen molar-refractivity contribution in [2.24, 2.45) is 0 Å². The third kappa shape index (κ3) is 4.03. The van der Waals surface area contributed by atoms with Crippen molar-refractivity contribution < 1.29 is 38.4 Å². The van der Waals surface area contributed by atoms with Gasteiger partial charge in [-0.05, 0) is 0 Å². The fraction of sp³-hybridized carbons (Fsp3) is 0.500. The van der Waals surface area contributed by atoms with Crippen LogP contribution in [-0.2, 0) is 33.3 Å². The monoisotopic (exact) mass is 409 g/mol. The summed E-state index contributed by atoms with van der Waals surface area (Å²) in [5, 5.41) is 10.4. The quantitative estimate of drug-likeness (QED) is 0.475. The average molecular weight is 409 g/mol. The Kier molecular flexibility index (Phi) is 5.50. The summed E-state index contributed by atoms with van der Waals surface area (Å²) in [6.07, 6.45) is -3.37. The van der Waals surface area contributed by atoms with Gasteiger partial charge in [-0.3, -0.25) is 14.4 Å². The van der Waals surface area contributed by atoms with E-state index in [2.05, 4.69) is 15.0 Å². The van der Waals surface area contributed by atoms with Gasteiger partial charge in [0.1, 0.15) is 19.0 Å². The highest BCUT2D eigenvalue weighted by molar-refractivity contribution is 5.82. The lowest BCUT2D eigenvalue weighted by Crippen LogP contribution is -2.40. The second-order valence-electron chi connectivity index (χ2n) is 6.23. The van der Waals surface area contributed by atoms with E-state index in [-0.39, 0.29) is 23.6 Å². The molecule has 0 unspecified atom stereocenters. The summed E-state index contributed by atoms with van der Waals surface area (Å²) in [5.74, 6) is -1.93. The molecule has 0 amide bonds. The fourth-order valence-corrected chi connectivity index (χ4v) is 3.05. The van der Waals surface area contributed by atoms with E-state index in [4.69, 9.17) is 24.7 Å². The van der Waals surface area contributed by atoms with E-state index >= 15 is 0 Å². The molecule has 1 saturated heterocycles. The van der Waals surface area contributed by atoms with Gasteiger partial charge in [0.2, 0.25) is 0 Å². The van der Waals surface area contributed by atoms with E-state index in [0.29, 0.717) is 0 Å². The molecule has 0 radical (unpaired) electrons. The molecule has 13 nitrogen and oxygen atoms in total. The van der Waals surface area contributed by atoms with E-state index in [9.17, 15) is 19.5 Å². The minimum atomic E-state index is -1.21. The molecule has 29 heavy (non-hydrogen) atoms. The van der Waals surface area contributed by atoms with Crippen LogP contribution in [-0.4, -0.2) is 67.5 Å². The van der Waals surface area contributed by atoms with Crippen molar-refractivity contribution in [3.8, 4) is 6.01 Å². The largest absolute Gasteiger partial charge is 0.480 e. The van der Waals surface area contributed by atoms with Crippen LogP contribution in [0.4, 0.5) is 5.82 Å². The van der Waals surface area contributed by atoms with Crippen molar-refractivity contribution in [3.05, 3.63) is 6.33 Å². The lowest BCUT2D eigenvalue weighted by atomic mass is 10.1. The van der Waals surface area contributed by atoms with Crippen molar-refractivity contribution in [3.63, 3.8) is 0 Å². The van der Waals surface area contributed by atoms with E-state index in [1.807, 2.05) is 0 Å². The molecule has 3 N–H and O–H groups in total. The van der Waals surface area contributed by atoms with Crippen LogP contribution >= 0.6 is 0 Å². The number of nitrogens with two attached hydrogens (primary N) is 1. The van der Waals surface area contributed by atoms with E-state index in [1.54, 1.807) is 0 Å². The molecule has 0 saturated carbocycles. The number of rotatable bonds is 5. The Labute approximate surface area is 163 Å². The predicted molar refractivity (Wildman–Crippen MR) is 93.1 cm³/mol. The molecule has 0 aromatic carbocycles. The zero-order valence-corrected chi connectivity index (χ0v) is 15.8. The van der Waals surface area contributed by atoms with Crippen molar-refractivity contribution in [2.45, 2.75) is 45.3 Å². The topological polar surface area (TPSA) is 178 Å². The molecule has 3 heterocycles. The lowest BCUT2D eigenvalue weighted by Gasteiger charge is -2.23. The normalized spacial score (nSPS) is 23.7. The molecule has 0 bridgehead atoms. The Morgan fingerprint density at radius 1 is 1.14 bits per heavy atom. The molecular formula is C16H19N5O8. The maximum absolute atomic E-state index is 11.7. The molecule has 1 fully saturated rings. The van der Waals surface area contributed by atoms with Crippen LogP contribution < -0.4 is 5.73 Å². The first-order chi connectivity index (χ1) is 13.7. The number of hydrogen-bond donors (Lipinski definition) is 2.